The van der Waals surface area contributed by atoms with Gasteiger partial charge in [0.25, 0.3) is 0 Å². The monoisotopic (exact) mass is 206 g/mol. The van der Waals surface area contributed by atoms with Gasteiger partial charge in [-0.2, -0.15) is 0 Å². The second-order valence-corrected chi connectivity index (χ2v) is 4.08. The van der Waals surface area contributed by atoms with E-state index in [9.17, 15) is 0 Å². The molecule has 0 bridgehead atoms. The van der Waals surface area contributed by atoms with Gasteiger partial charge < -0.3 is 4.74 Å². The van der Waals surface area contributed by atoms with Crippen LogP contribution in [0.3, 0.4) is 0 Å². The highest BCUT2D eigenvalue weighted by Gasteiger charge is 2.20. The average Bonchev–Trinajstić information content (AvgIpc) is 2.70. The van der Waals surface area contributed by atoms with Crippen molar-refractivity contribution in [1.29, 1.82) is 0 Å². The molecule has 1 aliphatic rings. The number of hydrogen-bond acceptors (Lipinski definition) is 2. The third kappa shape index (κ3) is 1.86. The van der Waals surface area contributed by atoms with Gasteiger partial charge in [0.15, 0.2) is 0 Å². The first-order chi connectivity index (χ1) is 6.79. The van der Waals surface area contributed by atoms with Crippen LogP contribution in [-0.4, -0.2) is 6.61 Å². The van der Waals surface area contributed by atoms with Crippen LogP contribution in [0.5, 0.6) is 0 Å². The molecule has 1 aliphatic heterocycles. The highest BCUT2D eigenvalue weighted by atomic mass is 32.1. The fourth-order valence-electron chi connectivity index (χ4n) is 1.86. The molecule has 1 aromatic rings. The van der Waals surface area contributed by atoms with E-state index in [1.807, 2.05) is 18.2 Å². The van der Waals surface area contributed by atoms with Crippen molar-refractivity contribution in [3.8, 4) is 0 Å². The van der Waals surface area contributed by atoms with Crippen molar-refractivity contribution in [3.05, 3.63) is 42.0 Å². The van der Waals surface area contributed by atoms with E-state index < -0.39 is 0 Å². The molecule has 1 atom stereocenters. The molecule has 1 saturated heterocycles. The van der Waals surface area contributed by atoms with Gasteiger partial charge in [-0.05, 0) is 24.0 Å². The third-order valence-electron chi connectivity index (χ3n) is 2.55. The summed E-state index contributed by atoms with van der Waals surface area (Å²) >= 11 is 4.30. The van der Waals surface area contributed by atoms with Gasteiger partial charge in [-0.1, -0.05) is 30.8 Å². The van der Waals surface area contributed by atoms with Crippen LogP contribution in [0.1, 0.15) is 30.1 Å². The van der Waals surface area contributed by atoms with Crippen molar-refractivity contribution in [1.82, 2.24) is 0 Å². The Balaban J connectivity index is 2.35. The Morgan fingerprint density at radius 2 is 2.21 bits per heavy atom. The number of thiol groups is 1. The molecule has 0 spiro atoms. The molecule has 2 rings (SSSR count). The second-order valence-electron chi connectivity index (χ2n) is 3.54. The van der Waals surface area contributed by atoms with Gasteiger partial charge in [0, 0.05) is 11.5 Å². The van der Waals surface area contributed by atoms with Crippen molar-refractivity contribution < 1.29 is 4.74 Å². The van der Waals surface area contributed by atoms with Crippen molar-refractivity contribution in [2.45, 2.75) is 18.9 Å². The fourth-order valence-corrected chi connectivity index (χ4v) is 2.07. The summed E-state index contributed by atoms with van der Waals surface area (Å²) in [5.41, 5.74) is 2.34. The van der Waals surface area contributed by atoms with Crippen LogP contribution in [0.15, 0.2) is 30.8 Å². The Bertz CT molecular complexity index is 340. The summed E-state index contributed by atoms with van der Waals surface area (Å²) < 4.78 is 5.65. The lowest BCUT2D eigenvalue weighted by Gasteiger charge is -2.14. The maximum Gasteiger partial charge on any atom is 0.0831 e. The zero-order valence-corrected chi connectivity index (χ0v) is 8.97. The molecule has 2 heteroatoms. The van der Waals surface area contributed by atoms with Crippen LogP contribution in [0.2, 0.25) is 0 Å². The quantitative estimate of drug-likeness (QED) is 0.729. The van der Waals surface area contributed by atoms with E-state index in [1.54, 1.807) is 0 Å². The number of benzene rings is 1. The summed E-state index contributed by atoms with van der Waals surface area (Å²) in [7, 11) is 0. The molecule has 1 unspecified atom stereocenters. The fraction of sp³-hybridized carbons (Fsp3) is 0.333. The molecule has 0 aromatic heterocycles. The molecule has 1 nitrogen and oxygen atoms in total. The zero-order valence-electron chi connectivity index (χ0n) is 8.07. The lowest BCUT2D eigenvalue weighted by Crippen LogP contribution is -1.99. The minimum absolute atomic E-state index is 0.245. The topological polar surface area (TPSA) is 9.23 Å². The van der Waals surface area contributed by atoms with E-state index in [4.69, 9.17) is 4.74 Å². The van der Waals surface area contributed by atoms with Gasteiger partial charge >= 0.3 is 0 Å². The van der Waals surface area contributed by atoms with Gasteiger partial charge in [-0.25, -0.2) is 0 Å². The van der Waals surface area contributed by atoms with Gasteiger partial charge in [0.2, 0.25) is 0 Å². The predicted octanol–water partition coefficient (Wildman–Crippen LogP) is 3.44. The molecule has 0 N–H and O–H groups in total. The van der Waals surface area contributed by atoms with E-state index in [0.717, 1.165) is 29.9 Å². The summed E-state index contributed by atoms with van der Waals surface area (Å²) in [5, 5.41) is 0. The highest BCUT2D eigenvalue weighted by Crippen LogP contribution is 2.33. The van der Waals surface area contributed by atoms with Gasteiger partial charge in [-0.3, -0.25) is 0 Å². The molecule has 0 saturated carbocycles. The van der Waals surface area contributed by atoms with Crippen LogP contribution in [-0.2, 0) is 4.74 Å². The van der Waals surface area contributed by atoms with Crippen LogP contribution in [0.25, 0.3) is 4.91 Å². The van der Waals surface area contributed by atoms with Gasteiger partial charge in [0.1, 0.15) is 0 Å². The molecule has 14 heavy (non-hydrogen) atoms. The number of rotatable bonds is 2. The zero-order chi connectivity index (χ0) is 9.97. The average molecular weight is 206 g/mol. The summed E-state index contributed by atoms with van der Waals surface area (Å²) in [6.07, 6.45) is 2.51. The Morgan fingerprint density at radius 1 is 1.43 bits per heavy atom. The Hall–Kier alpha value is -0.730. The SMILES string of the molecule is C=C(S)c1ccccc1C1CCCO1. The molecule has 1 aromatic carbocycles. The summed E-state index contributed by atoms with van der Waals surface area (Å²) in [4.78, 5) is 0.816. The molecule has 74 valence electrons. The van der Waals surface area contributed by atoms with E-state index in [2.05, 4.69) is 25.3 Å². The van der Waals surface area contributed by atoms with Crippen LogP contribution in [0, 0.1) is 0 Å². The van der Waals surface area contributed by atoms with E-state index in [1.165, 1.54) is 5.56 Å². The normalized spacial score (nSPS) is 21.1. The highest BCUT2D eigenvalue weighted by molar-refractivity contribution is 7.90. The smallest absolute Gasteiger partial charge is 0.0831 e. The van der Waals surface area contributed by atoms with Crippen LogP contribution >= 0.6 is 12.6 Å². The lowest BCUT2D eigenvalue weighted by atomic mass is 10.0. The minimum atomic E-state index is 0.245. The molecular weight excluding hydrogens is 192 g/mol. The molecule has 0 radical (unpaired) electrons. The van der Waals surface area contributed by atoms with Crippen molar-refractivity contribution in [2.75, 3.05) is 6.61 Å². The lowest BCUT2D eigenvalue weighted by molar-refractivity contribution is 0.112. The largest absolute Gasteiger partial charge is 0.374 e. The summed E-state index contributed by atoms with van der Waals surface area (Å²) in [6.45, 7) is 4.74. The Kier molecular flexibility index (Phi) is 2.94. The first-order valence-corrected chi connectivity index (χ1v) is 5.32. The number of hydrogen-bond donors (Lipinski definition) is 1. The minimum Gasteiger partial charge on any atom is -0.374 e. The van der Waals surface area contributed by atoms with Crippen LogP contribution < -0.4 is 0 Å². The predicted molar refractivity (Wildman–Crippen MR) is 62.4 cm³/mol. The third-order valence-corrected chi connectivity index (χ3v) is 2.79. The maximum atomic E-state index is 5.65. The second kappa shape index (κ2) is 4.20. The Morgan fingerprint density at radius 3 is 2.86 bits per heavy atom. The summed E-state index contributed by atoms with van der Waals surface area (Å²) in [5.74, 6) is 0. The number of ether oxygens (including phenoxy) is 1. The van der Waals surface area contributed by atoms with Crippen molar-refractivity contribution in [3.63, 3.8) is 0 Å². The van der Waals surface area contributed by atoms with Crippen molar-refractivity contribution >= 4 is 17.5 Å². The Labute approximate surface area is 90.2 Å². The molecule has 1 fully saturated rings. The van der Waals surface area contributed by atoms with E-state index in [-0.39, 0.29) is 6.10 Å². The standard InChI is InChI=1S/C12H14OS/c1-9(14)10-5-2-3-6-11(10)12-7-4-8-13-12/h2-3,5-6,12,14H,1,4,7-8H2. The summed E-state index contributed by atoms with van der Waals surface area (Å²) in [6, 6.07) is 8.20. The van der Waals surface area contributed by atoms with E-state index >= 15 is 0 Å². The van der Waals surface area contributed by atoms with Crippen LogP contribution in [0.4, 0.5) is 0 Å². The molecule has 0 amide bonds. The van der Waals surface area contributed by atoms with Crippen molar-refractivity contribution in [2.24, 2.45) is 0 Å². The maximum absolute atomic E-state index is 5.65. The first kappa shape index (κ1) is 9.81. The molecular formula is C12H14OS. The first-order valence-electron chi connectivity index (χ1n) is 4.88. The molecule has 1 heterocycles. The van der Waals surface area contributed by atoms with E-state index in [0.29, 0.717) is 0 Å². The molecule has 0 aliphatic carbocycles. The van der Waals surface area contributed by atoms with Gasteiger partial charge in [-0.15, -0.1) is 12.6 Å². The van der Waals surface area contributed by atoms with Gasteiger partial charge in [0.05, 0.1) is 6.10 Å².